The van der Waals surface area contributed by atoms with Crippen molar-refractivity contribution < 1.29 is 10.0 Å². The van der Waals surface area contributed by atoms with Crippen molar-refractivity contribution in [2.24, 2.45) is 0 Å². The van der Waals surface area contributed by atoms with Crippen molar-refractivity contribution in [2.45, 2.75) is 59.3 Å². The van der Waals surface area contributed by atoms with E-state index in [0.29, 0.717) is 0 Å². The van der Waals surface area contributed by atoms with E-state index in [-0.39, 0.29) is 7.69 Å². The Morgan fingerprint density at radius 2 is 1.00 bits per heavy atom. The van der Waals surface area contributed by atoms with Crippen LogP contribution in [0.5, 0.6) is 0 Å². The summed E-state index contributed by atoms with van der Waals surface area (Å²) in [5, 5.41) is 14.0. The average molecular weight is 230 g/mol. The van der Waals surface area contributed by atoms with Crippen LogP contribution >= 0.6 is 0 Å². The lowest BCUT2D eigenvalue weighted by atomic mass is 10.2. The first-order valence-electron chi connectivity index (χ1n) is 6.59. The van der Waals surface area contributed by atoms with Gasteiger partial charge in [0.15, 0.2) is 0 Å². The van der Waals surface area contributed by atoms with Gasteiger partial charge in [0.1, 0.15) is 0 Å². The van der Waals surface area contributed by atoms with Crippen molar-refractivity contribution in [1.82, 2.24) is 4.90 Å². The molecule has 0 aromatic heterocycles. The van der Waals surface area contributed by atoms with Crippen LogP contribution in [0.3, 0.4) is 0 Å². The molecule has 0 rings (SSSR count). The monoisotopic (exact) mass is 230 g/mol. The fourth-order valence-corrected chi connectivity index (χ4v) is 1.48. The largest absolute Gasteiger partial charge is 0.482 e. The van der Waals surface area contributed by atoms with Crippen LogP contribution in [0.25, 0.3) is 0 Å². The zero-order chi connectivity index (χ0) is 12.6. The third-order valence-electron chi connectivity index (χ3n) is 2.48. The maximum absolute atomic E-state index is 7.00. The predicted molar refractivity (Wildman–Crippen MR) is 71.4 cm³/mol. The minimum absolute atomic E-state index is 0. The van der Waals surface area contributed by atoms with Crippen LogP contribution in [0.1, 0.15) is 59.3 Å². The van der Waals surface area contributed by atoms with E-state index in [4.69, 9.17) is 10.0 Å². The maximum atomic E-state index is 7.00. The summed E-state index contributed by atoms with van der Waals surface area (Å²) in [5.41, 5.74) is 0. The Bertz CT molecular complexity index is 96.2. The number of rotatable bonds is 9. The van der Waals surface area contributed by atoms with Crippen molar-refractivity contribution in [2.75, 3.05) is 19.6 Å². The third kappa shape index (κ3) is 16.4. The number of unbranched alkanes of at least 4 members (excludes halogenated alkanes) is 3. The molecule has 0 aliphatic carbocycles. The van der Waals surface area contributed by atoms with Gasteiger partial charge in [0, 0.05) is 0 Å². The molecular formula is C12H29BNO2. The van der Waals surface area contributed by atoms with E-state index in [1.165, 1.54) is 58.2 Å². The van der Waals surface area contributed by atoms with Gasteiger partial charge in [0.2, 0.25) is 0 Å². The first-order chi connectivity index (χ1) is 7.76. The van der Waals surface area contributed by atoms with Gasteiger partial charge in [-0.15, -0.1) is 0 Å². The molecule has 0 aliphatic rings. The highest BCUT2D eigenvalue weighted by atomic mass is 16.4. The van der Waals surface area contributed by atoms with Crippen LogP contribution in [0, 0.1) is 0 Å². The van der Waals surface area contributed by atoms with Gasteiger partial charge < -0.3 is 14.9 Å². The van der Waals surface area contributed by atoms with Crippen molar-refractivity contribution in [3.8, 4) is 0 Å². The van der Waals surface area contributed by atoms with Crippen LogP contribution in [0.15, 0.2) is 0 Å². The standard InChI is InChI=1S/C12H27N.BH2O2/c1-4-7-10-13(11-8-5-2)12-9-6-3;2-1-3/h4-12H2,1-3H3;2-3H. The zero-order valence-corrected chi connectivity index (χ0v) is 11.3. The molecule has 0 aromatic carbocycles. The first-order valence-corrected chi connectivity index (χ1v) is 6.59. The SMILES string of the molecule is CCCCN(CCCC)CCCC.O[B]O. The van der Waals surface area contributed by atoms with Gasteiger partial charge in [-0.2, -0.15) is 0 Å². The minimum Gasteiger partial charge on any atom is -0.429 e. The molecule has 0 saturated carbocycles. The smallest absolute Gasteiger partial charge is 0.429 e. The lowest BCUT2D eigenvalue weighted by Crippen LogP contribution is -2.27. The van der Waals surface area contributed by atoms with Gasteiger partial charge in [-0.1, -0.05) is 40.0 Å². The molecule has 0 aromatic rings. The molecular weight excluding hydrogens is 201 g/mol. The van der Waals surface area contributed by atoms with Crippen molar-refractivity contribution in [1.29, 1.82) is 0 Å². The van der Waals surface area contributed by atoms with Crippen LogP contribution in [0.4, 0.5) is 0 Å². The minimum atomic E-state index is 0. The molecule has 0 aliphatic heterocycles. The van der Waals surface area contributed by atoms with E-state index in [9.17, 15) is 0 Å². The Morgan fingerprint density at radius 3 is 1.19 bits per heavy atom. The molecule has 0 spiro atoms. The van der Waals surface area contributed by atoms with E-state index in [1.807, 2.05) is 0 Å². The van der Waals surface area contributed by atoms with Gasteiger partial charge in [0.25, 0.3) is 0 Å². The Labute approximate surface area is 102 Å². The van der Waals surface area contributed by atoms with E-state index in [1.54, 1.807) is 0 Å². The number of nitrogens with zero attached hydrogens (tertiary/aromatic N) is 1. The van der Waals surface area contributed by atoms with Gasteiger partial charge in [-0.05, 0) is 38.9 Å². The molecule has 97 valence electrons. The average Bonchev–Trinajstić information content (AvgIpc) is 2.29. The Balaban J connectivity index is 0. The molecule has 1 radical (unpaired) electrons. The highest BCUT2D eigenvalue weighted by Gasteiger charge is 2.01. The molecule has 0 heterocycles. The molecule has 0 amide bonds. The predicted octanol–water partition coefficient (Wildman–Crippen LogP) is 2.19. The molecule has 4 heteroatoms. The quantitative estimate of drug-likeness (QED) is 0.597. The van der Waals surface area contributed by atoms with Gasteiger partial charge >= 0.3 is 7.69 Å². The van der Waals surface area contributed by atoms with Gasteiger partial charge in [0.05, 0.1) is 0 Å². The number of hydrogen-bond acceptors (Lipinski definition) is 3. The summed E-state index contributed by atoms with van der Waals surface area (Å²) in [7, 11) is 0. The maximum Gasteiger partial charge on any atom is 0.482 e. The van der Waals surface area contributed by atoms with Crippen LogP contribution in [0.2, 0.25) is 0 Å². The first kappa shape index (κ1) is 18.3. The van der Waals surface area contributed by atoms with E-state index >= 15 is 0 Å². The van der Waals surface area contributed by atoms with Crippen molar-refractivity contribution >= 4 is 7.69 Å². The lowest BCUT2D eigenvalue weighted by molar-refractivity contribution is 0.261. The van der Waals surface area contributed by atoms with Crippen LogP contribution < -0.4 is 0 Å². The summed E-state index contributed by atoms with van der Waals surface area (Å²) in [6.07, 6.45) is 8.09. The molecule has 16 heavy (non-hydrogen) atoms. The van der Waals surface area contributed by atoms with E-state index in [0.717, 1.165) is 0 Å². The molecule has 2 N–H and O–H groups in total. The molecule has 0 bridgehead atoms. The fraction of sp³-hybridized carbons (Fsp3) is 1.00. The Hall–Kier alpha value is -0.0551. The van der Waals surface area contributed by atoms with Crippen molar-refractivity contribution in [3.05, 3.63) is 0 Å². The van der Waals surface area contributed by atoms with Crippen molar-refractivity contribution in [3.63, 3.8) is 0 Å². The zero-order valence-electron chi connectivity index (χ0n) is 11.3. The summed E-state index contributed by atoms with van der Waals surface area (Å²) in [5.74, 6) is 0. The number of hydrogen-bond donors (Lipinski definition) is 2. The van der Waals surface area contributed by atoms with E-state index in [2.05, 4.69) is 25.7 Å². The van der Waals surface area contributed by atoms with Gasteiger partial charge in [-0.3, -0.25) is 0 Å². The summed E-state index contributed by atoms with van der Waals surface area (Å²) in [6, 6.07) is 0. The second-order valence-corrected chi connectivity index (χ2v) is 4.02. The lowest BCUT2D eigenvalue weighted by Gasteiger charge is -2.21. The molecule has 0 unspecified atom stereocenters. The fourth-order valence-electron chi connectivity index (χ4n) is 1.48. The van der Waals surface area contributed by atoms with E-state index < -0.39 is 0 Å². The molecule has 0 saturated heterocycles. The molecule has 0 fully saturated rings. The van der Waals surface area contributed by atoms with Crippen LogP contribution in [-0.4, -0.2) is 42.3 Å². The topological polar surface area (TPSA) is 43.7 Å². The highest BCUT2D eigenvalue weighted by molar-refractivity contribution is 6.13. The Kier molecular flexibility index (Phi) is 19.9. The van der Waals surface area contributed by atoms with Gasteiger partial charge in [-0.25, -0.2) is 0 Å². The van der Waals surface area contributed by atoms with Crippen LogP contribution in [-0.2, 0) is 0 Å². The highest BCUT2D eigenvalue weighted by Crippen LogP contribution is 2.01. The Morgan fingerprint density at radius 1 is 0.750 bits per heavy atom. The summed E-state index contributed by atoms with van der Waals surface area (Å²) in [6.45, 7) is 10.8. The summed E-state index contributed by atoms with van der Waals surface area (Å²) < 4.78 is 0. The second-order valence-electron chi connectivity index (χ2n) is 4.02. The molecule has 3 nitrogen and oxygen atoms in total. The second kappa shape index (κ2) is 17.3. The summed E-state index contributed by atoms with van der Waals surface area (Å²) >= 11 is 0. The normalized spacial score (nSPS) is 9.88. The summed E-state index contributed by atoms with van der Waals surface area (Å²) in [4.78, 5) is 2.64. The molecule has 0 atom stereocenters. The third-order valence-corrected chi connectivity index (χ3v) is 2.48.